The summed E-state index contributed by atoms with van der Waals surface area (Å²) in [5, 5.41) is 4.16. The standard InChI is InChI=1S/C17H25ClFNO/c1-3-20-16(17(21-2)9-5-4-6-10-17)12-13-11-14(19)7-8-15(13)18/h7-8,11,16,20H,3-6,9-10,12H2,1-2H3. The smallest absolute Gasteiger partial charge is 0.123 e. The molecule has 0 aromatic heterocycles. The summed E-state index contributed by atoms with van der Waals surface area (Å²) < 4.78 is 19.4. The van der Waals surface area contributed by atoms with Crippen molar-refractivity contribution in [2.45, 2.75) is 57.1 Å². The van der Waals surface area contributed by atoms with E-state index in [-0.39, 0.29) is 17.5 Å². The van der Waals surface area contributed by atoms with Gasteiger partial charge in [0.2, 0.25) is 0 Å². The van der Waals surface area contributed by atoms with Crippen LogP contribution in [0.25, 0.3) is 0 Å². The molecule has 1 atom stereocenters. The summed E-state index contributed by atoms with van der Waals surface area (Å²) >= 11 is 6.23. The molecule has 0 radical (unpaired) electrons. The fraction of sp³-hybridized carbons (Fsp3) is 0.647. The Balaban J connectivity index is 2.23. The number of hydrogen-bond donors (Lipinski definition) is 1. The monoisotopic (exact) mass is 313 g/mol. The molecule has 1 N–H and O–H groups in total. The first-order chi connectivity index (χ1) is 10.1. The van der Waals surface area contributed by atoms with Crippen LogP contribution in [0.2, 0.25) is 5.02 Å². The second-order valence-electron chi connectivity index (χ2n) is 5.88. The minimum Gasteiger partial charge on any atom is -0.377 e. The summed E-state index contributed by atoms with van der Waals surface area (Å²) in [6.45, 7) is 2.95. The van der Waals surface area contributed by atoms with Crippen molar-refractivity contribution in [2.24, 2.45) is 0 Å². The van der Waals surface area contributed by atoms with E-state index in [0.29, 0.717) is 11.4 Å². The molecule has 1 aromatic rings. The van der Waals surface area contributed by atoms with Gasteiger partial charge in [-0.2, -0.15) is 0 Å². The molecule has 0 bridgehead atoms. The van der Waals surface area contributed by atoms with Gasteiger partial charge in [-0.25, -0.2) is 4.39 Å². The molecular weight excluding hydrogens is 289 g/mol. The molecule has 1 fully saturated rings. The number of methoxy groups -OCH3 is 1. The van der Waals surface area contributed by atoms with Crippen molar-refractivity contribution in [3.05, 3.63) is 34.6 Å². The number of nitrogens with one attached hydrogen (secondary N) is 1. The Morgan fingerprint density at radius 3 is 2.67 bits per heavy atom. The summed E-state index contributed by atoms with van der Waals surface area (Å²) in [6, 6.07) is 4.74. The lowest BCUT2D eigenvalue weighted by Gasteiger charge is -2.43. The second kappa shape index (κ2) is 7.57. The van der Waals surface area contributed by atoms with E-state index in [1.165, 1.54) is 25.3 Å². The van der Waals surface area contributed by atoms with Crippen molar-refractivity contribution in [1.29, 1.82) is 0 Å². The van der Waals surface area contributed by atoms with Crippen molar-refractivity contribution >= 4 is 11.6 Å². The zero-order valence-corrected chi connectivity index (χ0v) is 13.7. The largest absolute Gasteiger partial charge is 0.377 e. The third-order valence-electron chi connectivity index (χ3n) is 4.62. The molecule has 4 heteroatoms. The molecule has 0 saturated heterocycles. The maximum absolute atomic E-state index is 13.5. The number of ether oxygens (including phenoxy) is 1. The van der Waals surface area contributed by atoms with Gasteiger partial charge in [0.15, 0.2) is 0 Å². The third kappa shape index (κ3) is 3.97. The van der Waals surface area contributed by atoms with Gasteiger partial charge in [0.05, 0.1) is 5.60 Å². The van der Waals surface area contributed by atoms with Gasteiger partial charge < -0.3 is 10.1 Å². The Labute approximate surface area is 132 Å². The quantitative estimate of drug-likeness (QED) is 0.843. The molecular formula is C17H25ClFNO. The van der Waals surface area contributed by atoms with Crippen LogP contribution in [-0.4, -0.2) is 25.3 Å². The van der Waals surface area contributed by atoms with E-state index < -0.39 is 0 Å². The Kier molecular flexibility index (Phi) is 6.03. The van der Waals surface area contributed by atoms with Crippen LogP contribution in [0.1, 0.15) is 44.6 Å². The van der Waals surface area contributed by atoms with Crippen LogP contribution in [0.4, 0.5) is 4.39 Å². The lowest BCUT2D eigenvalue weighted by molar-refractivity contribution is -0.0669. The van der Waals surface area contributed by atoms with Crippen LogP contribution in [-0.2, 0) is 11.2 Å². The maximum Gasteiger partial charge on any atom is 0.123 e. The summed E-state index contributed by atoms with van der Waals surface area (Å²) in [6.07, 6.45) is 6.43. The summed E-state index contributed by atoms with van der Waals surface area (Å²) in [4.78, 5) is 0. The Morgan fingerprint density at radius 1 is 1.33 bits per heavy atom. The number of benzene rings is 1. The van der Waals surface area contributed by atoms with E-state index in [0.717, 1.165) is 24.9 Å². The van der Waals surface area contributed by atoms with Gasteiger partial charge in [0, 0.05) is 18.2 Å². The van der Waals surface area contributed by atoms with Crippen molar-refractivity contribution in [1.82, 2.24) is 5.32 Å². The molecule has 118 valence electrons. The number of rotatable bonds is 6. The van der Waals surface area contributed by atoms with E-state index in [1.807, 2.05) is 0 Å². The van der Waals surface area contributed by atoms with E-state index in [4.69, 9.17) is 16.3 Å². The Bertz CT molecular complexity index is 460. The Hall–Kier alpha value is -0.640. The van der Waals surface area contributed by atoms with Gasteiger partial charge in [-0.05, 0) is 49.6 Å². The van der Waals surface area contributed by atoms with E-state index >= 15 is 0 Å². The van der Waals surface area contributed by atoms with Gasteiger partial charge in [-0.1, -0.05) is 37.8 Å². The van der Waals surface area contributed by atoms with Gasteiger partial charge in [0.25, 0.3) is 0 Å². The fourth-order valence-corrected chi connectivity index (χ4v) is 3.65. The molecule has 2 rings (SSSR count). The van der Waals surface area contributed by atoms with Crippen LogP contribution >= 0.6 is 11.6 Å². The van der Waals surface area contributed by atoms with Gasteiger partial charge in [-0.15, -0.1) is 0 Å². The molecule has 1 saturated carbocycles. The highest BCUT2D eigenvalue weighted by atomic mass is 35.5. The van der Waals surface area contributed by atoms with Crippen molar-refractivity contribution in [3.8, 4) is 0 Å². The molecule has 0 aliphatic heterocycles. The first-order valence-corrected chi connectivity index (χ1v) is 8.21. The van der Waals surface area contributed by atoms with Crippen LogP contribution in [0.3, 0.4) is 0 Å². The SMILES string of the molecule is CCNC(Cc1cc(F)ccc1Cl)C1(OC)CCCCC1. The lowest BCUT2D eigenvalue weighted by atomic mass is 9.77. The minimum absolute atomic E-state index is 0.159. The molecule has 0 heterocycles. The van der Waals surface area contributed by atoms with Gasteiger partial charge >= 0.3 is 0 Å². The van der Waals surface area contributed by atoms with Crippen LogP contribution in [0.15, 0.2) is 18.2 Å². The molecule has 2 nitrogen and oxygen atoms in total. The van der Waals surface area contributed by atoms with Crippen molar-refractivity contribution in [2.75, 3.05) is 13.7 Å². The van der Waals surface area contributed by atoms with E-state index in [1.54, 1.807) is 19.2 Å². The van der Waals surface area contributed by atoms with Crippen molar-refractivity contribution in [3.63, 3.8) is 0 Å². The fourth-order valence-electron chi connectivity index (χ4n) is 3.46. The van der Waals surface area contributed by atoms with Crippen LogP contribution in [0, 0.1) is 5.82 Å². The topological polar surface area (TPSA) is 21.3 Å². The highest BCUT2D eigenvalue weighted by Gasteiger charge is 2.39. The first-order valence-electron chi connectivity index (χ1n) is 7.84. The van der Waals surface area contributed by atoms with Crippen LogP contribution in [0.5, 0.6) is 0 Å². The summed E-state index contributed by atoms with van der Waals surface area (Å²) in [5.74, 6) is -0.236. The highest BCUT2D eigenvalue weighted by Crippen LogP contribution is 2.36. The number of hydrogen-bond acceptors (Lipinski definition) is 2. The zero-order chi connectivity index (χ0) is 15.3. The van der Waals surface area contributed by atoms with Crippen LogP contribution < -0.4 is 5.32 Å². The second-order valence-corrected chi connectivity index (χ2v) is 6.29. The average molecular weight is 314 g/mol. The van der Waals surface area contributed by atoms with E-state index in [9.17, 15) is 4.39 Å². The first kappa shape index (κ1) is 16.7. The molecule has 21 heavy (non-hydrogen) atoms. The number of likely N-dealkylation sites (N-methyl/N-ethyl adjacent to an activating group) is 1. The third-order valence-corrected chi connectivity index (χ3v) is 4.99. The summed E-state index contributed by atoms with van der Waals surface area (Å²) in [7, 11) is 1.79. The zero-order valence-electron chi connectivity index (χ0n) is 12.9. The molecule has 0 amide bonds. The van der Waals surface area contributed by atoms with E-state index in [2.05, 4.69) is 12.2 Å². The highest BCUT2D eigenvalue weighted by molar-refractivity contribution is 6.31. The normalized spacial score (nSPS) is 19.4. The Morgan fingerprint density at radius 2 is 2.05 bits per heavy atom. The average Bonchev–Trinajstić information content (AvgIpc) is 2.51. The molecule has 0 spiro atoms. The lowest BCUT2D eigenvalue weighted by Crippen LogP contribution is -2.54. The molecule has 1 aromatic carbocycles. The van der Waals surface area contributed by atoms with Crippen molar-refractivity contribution < 1.29 is 9.13 Å². The maximum atomic E-state index is 13.5. The molecule has 1 aliphatic rings. The van der Waals surface area contributed by atoms with Gasteiger partial charge in [-0.3, -0.25) is 0 Å². The number of halogens is 2. The predicted octanol–water partition coefficient (Wildman–Crippen LogP) is 4.35. The van der Waals surface area contributed by atoms with Gasteiger partial charge in [0.1, 0.15) is 5.82 Å². The predicted molar refractivity (Wildman–Crippen MR) is 85.4 cm³/mol. The summed E-state index contributed by atoms with van der Waals surface area (Å²) in [5.41, 5.74) is 0.689. The minimum atomic E-state index is -0.236. The molecule has 1 unspecified atom stereocenters. The molecule has 1 aliphatic carbocycles.